The van der Waals surface area contributed by atoms with Gasteiger partial charge in [0.15, 0.2) is 5.13 Å². The van der Waals surface area contributed by atoms with Crippen molar-refractivity contribution < 1.29 is 22.7 Å². The molecule has 150 valence electrons. The van der Waals surface area contributed by atoms with E-state index in [0.29, 0.717) is 23.1 Å². The first-order valence-corrected chi connectivity index (χ1v) is 9.75. The molecule has 0 atom stereocenters. The van der Waals surface area contributed by atoms with Crippen LogP contribution in [0.15, 0.2) is 53.9 Å². The van der Waals surface area contributed by atoms with Gasteiger partial charge in [-0.2, -0.15) is 0 Å². The lowest BCUT2D eigenvalue weighted by Crippen LogP contribution is -2.35. The Morgan fingerprint density at radius 1 is 1.14 bits per heavy atom. The van der Waals surface area contributed by atoms with E-state index < -0.39 is 6.36 Å². The first-order chi connectivity index (χ1) is 13.9. The number of alkyl halides is 3. The quantitative estimate of drug-likeness (QED) is 0.617. The Labute approximate surface area is 168 Å². The fourth-order valence-electron chi connectivity index (χ4n) is 3.18. The first-order valence-electron chi connectivity index (χ1n) is 8.87. The summed E-state index contributed by atoms with van der Waals surface area (Å²) in [4.78, 5) is 19.0. The number of hydrogen-bond donors (Lipinski definition) is 1. The number of halogens is 3. The number of anilines is 3. The number of carbonyl (C=O) groups excluding carboxylic acids is 1. The Bertz CT molecular complexity index is 1020. The third kappa shape index (κ3) is 4.51. The van der Waals surface area contributed by atoms with Gasteiger partial charge in [0.25, 0.3) is 5.91 Å². The molecule has 0 saturated carbocycles. The average Bonchev–Trinajstić information content (AvgIpc) is 3.16. The van der Waals surface area contributed by atoms with Crippen LogP contribution in [0.2, 0.25) is 0 Å². The van der Waals surface area contributed by atoms with Crippen LogP contribution >= 0.6 is 11.3 Å². The second-order valence-electron chi connectivity index (χ2n) is 6.42. The van der Waals surface area contributed by atoms with Crippen LogP contribution in [0.4, 0.5) is 29.7 Å². The molecule has 2 heterocycles. The van der Waals surface area contributed by atoms with E-state index in [0.717, 1.165) is 24.1 Å². The highest BCUT2D eigenvalue weighted by Gasteiger charge is 2.31. The van der Waals surface area contributed by atoms with Crippen molar-refractivity contribution in [3.05, 3.63) is 65.2 Å². The van der Waals surface area contributed by atoms with Crippen LogP contribution in [0.3, 0.4) is 0 Å². The predicted molar refractivity (Wildman–Crippen MR) is 105 cm³/mol. The van der Waals surface area contributed by atoms with Crippen LogP contribution < -0.4 is 15.0 Å². The van der Waals surface area contributed by atoms with E-state index in [-0.39, 0.29) is 11.7 Å². The summed E-state index contributed by atoms with van der Waals surface area (Å²) in [6.07, 6.45) is -2.89. The van der Waals surface area contributed by atoms with Crippen LogP contribution in [0.1, 0.15) is 22.5 Å². The highest BCUT2D eigenvalue weighted by Crippen LogP contribution is 2.30. The third-order valence-corrected chi connectivity index (χ3v) is 5.18. The van der Waals surface area contributed by atoms with Crippen LogP contribution in [0.25, 0.3) is 0 Å². The van der Waals surface area contributed by atoms with Gasteiger partial charge in [-0.1, -0.05) is 18.2 Å². The molecule has 1 aromatic heterocycles. The smallest absolute Gasteiger partial charge is 0.406 e. The second-order valence-corrected chi connectivity index (χ2v) is 7.28. The summed E-state index contributed by atoms with van der Waals surface area (Å²) >= 11 is 1.25. The largest absolute Gasteiger partial charge is 0.573 e. The number of fused-ring (bicyclic) bond motifs is 1. The van der Waals surface area contributed by atoms with E-state index in [1.54, 1.807) is 10.3 Å². The highest BCUT2D eigenvalue weighted by molar-refractivity contribution is 7.14. The monoisotopic (exact) mass is 419 g/mol. The highest BCUT2D eigenvalue weighted by atomic mass is 32.1. The maximum atomic E-state index is 12.9. The topological polar surface area (TPSA) is 54.5 Å². The van der Waals surface area contributed by atoms with Crippen molar-refractivity contribution in [1.29, 1.82) is 0 Å². The minimum absolute atomic E-state index is 0.171. The van der Waals surface area contributed by atoms with Gasteiger partial charge < -0.3 is 15.0 Å². The molecule has 2 aromatic carbocycles. The lowest BCUT2D eigenvalue weighted by Gasteiger charge is -2.28. The zero-order valence-corrected chi connectivity index (χ0v) is 15.9. The molecule has 5 nitrogen and oxygen atoms in total. The molecular formula is C20H16F3N3O2S. The van der Waals surface area contributed by atoms with Crippen LogP contribution in [-0.2, 0) is 6.42 Å². The lowest BCUT2D eigenvalue weighted by atomic mass is 10.0. The summed E-state index contributed by atoms with van der Waals surface area (Å²) in [7, 11) is 0. The number of ether oxygens (including phenoxy) is 1. The first kappa shape index (κ1) is 19.3. The normalized spacial score (nSPS) is 13.7. The van der Waals surface area contributed by atoms with Crippen LogP contribution in [0.5, 0.6) is 5.75 Å². The zero-order chi connectivity index (χ0) is 20.4. The van der Waals surface area contributed by atoms with Crippen molar-refractivity contribution >= 4 is 33.8 Å². The van der Waals surface area contributed by atoms with Gasteiger partial charge in [-0.3, -0.25) is 4.79 Å². The number of amides is 1. The number of rotatable bonds is 4. The molecule has 29 heavy (non-hydrogen) atoms. The van der Waals surface area contributed by atoms with Gasteiger partial charge in [0.1, 0.15) is 11.4 Å². The van der Waals surface area contributed by atoms with Crippen molar-refractivity contribution in [2.45, 2.75) is 19.2 Å². The summed E-state index contributed by atoms with van der Waals surface area (Å²) in [6.45, 7) is 0.636. The Morgan fingerprint density at radius 3 is 2.66 bits per heavy atom. The number of benzene rings is 2. The average molecular weight is 419 g/mol. The molecule has 3 aromatic rings. The molecule has 1 aliphatic heterocycles. The number of aromatic nitrogens is 1. The van der Waals surface area contributed by atoms with Crippen molar-refractivity contribution in [2.75, 3.05) is 16.8 Å². The Balaban J connectivity index is 1.46. The van der Waals surface area contributed by atoms with Crippen molar-refractivity contribution in [3.63, 3.8) is 0 Å². The van der Waals surface area contributed by atoms with E-state index in [1.807, 2.05) is 24.3 Å². The molecule has 0 bridgehead atoms. The van der Waals surface area contributed by atoms with Crippen molar-refractivity contribution in [3.8, 4) is 5.75 Å². The van der Waals surface area contributed by atoms with E-state index in [2.05, 4.69) is 15.0 Å². The molecule has 0 unspecified atom stereocenters. The summed E-state index contributed by atoms with van der Waals surface area (Å²) < 4.78 is 40.5. The van der Waals surface area contributed by atoms with E-state index in [9.17, 15) is 18.0 Å². The Hall–Kier alpha value is -3.07. The van der Waals surface area contributed by atoms with Crippen molar-refractivity contribution in [2.24, 2.45) is 0 Å². The molecule has 4 rings (SSSR count). The summed E-state index contributed by atoms with van der Waals surface area (Å²) in [5.41, 5.74) is 2.91. The summed E-state index contributed by atoms with van der Waals surface area (Å²) in [5.74, 6) is -0.475. The van der Waals surface area contributed by atoms with Gasteiger partial charge in [-0.25, -0.2) is 4.98 Å². The van der Waals surface area contributed by atoms with Gasteiger partial charge in [-0.15, -0.1) is 24.5 Å². The Morgan fingerprint density at radius 2 is 1.90 bits per heavy atom. The fourth-order valence-corrected chi connectivity index (χ4v) is 3.88. The number of para-hydroxylation sites is 1. The minimum Gasteiger partial charge on any atom is -0.406 e. The number of nitrogens with zero attached hydrogens (tertiary/aromatic N) is 2. The standard InChI is InChI=1S/C20H16F3N3O2S/c21-20(22,23)28-15-9-7-14(8-10-15)24-19-25-16(12-29-19)18(27)26-11-3-5-13-4-1-2-6-17(13)26/h1-2,4,6-10,12H,3,5,11H2,(H,24,25). The molecule has 0 radical (unpaired) electrons. The molecule has 1 amide bonds. The maximum absolute atomic E-state index is 12.9. The molecule has 1 aliphatic rings. The van der Waals surface area contributed by atoms with Gasteiger partial charge in [0.05, 0.1) is 0 Å². The maximum Gasteiger partial charge on any atom is 0.573 e. The SMILES string of the molecule is O=C(c1csc(Nc2ccc(OC(F)(F)F)cc2)n1)N1CCCc2ccccc21. The van der Waals surface area contributed by atoms with Crippen LogP contribution in [0, 0.1) is 0 Å². The van der Waals surface area contributed by atoms with Gasteiger partial charge in [0.2, 0.25) is 0 Å². The van der Waals surface area contributed by atoms with E-state index >= 15 is 0 Å². The predicted octanol–water partition coefficient (Wildman–Crippen LogP) is 5.38. The van der Waals surface area contributed by atoms with E-state index in [1.165, 1.54) is 35.6 Å². The molecular weight excluding hydrogens is 403 g/mol. The zero-order valence-electron chi connectivity index (χ0n) is 15.1. The fraction of sp³-hybridized carbons (Fsp3) is 0.200. The number of nitrogens with one attached hydrogen (secondary N) is 1. The number of aryl methyl sites for hydroxylation is 1. The summed E-state index contributed by atoms with van der Waals surface area (Å²) in [5, 5.41) is 5.14. The third-order valence-electron chi connectivity index (χ3n) is 4.42. The van der Waals surface area contributed by atoms with Crippen molar-refractivity contribution in [1.82, 2.24) is 4.98 Å². The second kappa shape index (κ2) is 7.75. The number of carbonyl (C=O) groups is 1. The van der Waals surface area contributed by atoms with Gasteiger partial charge >= 0.3 is 6.36 Å². The van der Waals surface area contributed by atoms with Gasteiger partial charge in [-0.05, 0) is 48.7 Å². The minimum atomic E-state index is -4.73. The van der Waals surface area contributed by atoms with E-state index in [4.69, 9.17) is 0 Å². The number of thiazole rings is 1. The molecule has 0 aliphatic carbocycles. The molecule has 9 heteroatoms. The van der Waals surface area contributed by atoms with Crippen LogP contribution in [-0.4, -0.2) is 23.8 Å². The Kier molecular flexibility index (Phi) is 5.14. The summed E-state index contributed by atoms with van der Waals surface area (Å²) in [6, 6.07) is 13.1. The molecule has 1 N–H and O–H groups in total. The molecule has 0 spiro atoms. The van der Waals surface area contributed by atoms with Gasteiger partial charge in [0, 0.05) is 23.3 Å². The molecule has 0 fully saturated rings. The number of hydrogen-bond acceptors (Lipinski definition) is 5. The lowest BCUT2D eigenvalue weighted by molar-refractivity contribution is -0.274. The molecule has 0 saturated heterocycles.